The van der Waals surface area contributed by atoms with Crippen molar-refractivity contribution in [2.75, 3.05) is 9.80 Å². The SMILES string of the molecule is c1ccc(-c2ccc(-c3ccc(N(c4ccc(-c5ccc6c(c5)c5ccccc5n6-c5ccccc5)cc4)c4ccc(-c5cccc6ccc7ccccc7c56)c5ccccc45)cc3)cc2)cc1.c1ccc(-c2ccc(-c3ccc(N(c4ccc(-c5cccc6c5oc5ccccc56)cc4)c4ccc(-c5cccc6ccc7ccccc7c56)c5ccccc45)cc3)cc2)cc1. The molecule has 0 saturated carbocycles. The van der Waals surface area contributed by atoms with Gasteiger partial charge in [-0.05, 0) is 234 Å². The van der Waals surface area contributed by atoms with Gasteiger partial charge in [-0.3, -0.25) is 0 Å². The molecule has 0 fully saturated rings. The second-order valence-corrected chi connectivity index (χ2v) is 33.7. The highest BCUT2D eigenvalue weighted by Crippen LogP contribution is 2.50. The van der Waals surface area contributed by atoms with Gasteiger partial charge in [0.2, 0.25) is 0 Å². The number of anilines is 6. The molecule has 0 aliphatic carbocycles. The average molecular weight is 1660 g/mol. The molecule has 0 bridgehead atoms. The van der Waals surface area contributed by atoms with Crippen molar-refractivity contribution in [3.05, 3.63) is 504 Å². The van der Waals surface area contributed by atoms with Crippen LogP contribution in [0, 0.1) is 0 Å². The van der Waals surface area contributed by atoms with E-state index in [0.717, 1.165) is 72.9 Å². The number of rotatable bonds is 15. The van der Waals surface area contributed by atoms with Crippen LogP contribution < -0.4 is 9.80 Å². The molecule has 0 unspecified atom stereocenters. The van der Waals surface area contributed by atoms with Crippen LogP contribution in [0.5, 0.6) is 0 Å². The second kappa shape index (κ2) is 32.7. The smallest absolute Gasteiger partial charge is 0.143 e. The maximum atomic E-state index is 6.47. The lowest BCUT2D eigenvalue weighted by Crippen LogP contribution is -2.10. The lowest BCUT2D eigenvalue weighted by Gasteiger charge is -2.28. The van der Waals surface area contributed by atoms with E-state index < -0.39 is 0 Å². The fourth-order valence-electron chi connectivity index (χ4n) is 20.0. The van der Waals surface area contributed by atoms with Gasteiger partial charge < -0.3 is 18.8 Å². The average Bonchev–Trinajstić information content (AvgIpc) is 1.12. The molecule has 0 saturated heterocycles. The summed E-state index contributed by atoms with van der Waals surface area (Å²) in [6.45, 7) is 0. The van der Waals surface area contributed by atoms with Gasteiger partial charge >= 0.3 is 0 Å². The van der Waals surface area contributed by atoms with Crippen molar-refractivity contribution in [3.8, 4) is 94.7 Å². The summed E-state index contributed by atoms with van der Waals surface area (Å²) < 4.78 is 8.84. The van der Waals surface area contributed by atoms with E-state index in [1.54, 1.807) is 0 Å². The second-order valence-electron chi connectivity index (χ2n) is 33.7. The summed E-state index contributed by atoms with van der Waals surface area (Å²) in [6.07, 6.45) is 0. The molecule has 25 rings (SSSR count). The van der Waals surface area contributed by atoms with Gasteiger partial charge in [0, 0.05) is 66.3 Å². The summed E-state index contributed by atoms with van der Waals surface area (Å²) >= 11 is 0. The molecule has 25 aromatic rings. The monoisotopic (exact) mass is 1650 g/mol. The maximum absolute atomic E-state index is 6.47. The summed E-state index contributed by atoms with van der Waals surface area (Å²) in [4.78, 5) is 4.83. The number of para-hydroxylation sites is 4. The number of furan rings is 1. The van der Waals surface area contributed by atoms with E-state index in [2.05, 4.69) is 506 Å². The normalized spacial score (nSPS) is 11.5. The molecule has 130 heavy (non-hydrogen) atoms. The summed E-state index contributed by atoms with van der Waals surface area (Å²) in [6, 6.07) is 183. The van der Waals surface area contributed by atoms with Crippen LogP contribution in [0.4, 0.5) is 34.1 Å². The number of nitrogens with zero attached hydrogens (tertiary/aromatic N) is 3. The zero-order chi connectivity index (χ0) is 86.0. The van der Waals surface area contributed by atoms with Crippen LogP contribution in [0.2, 0.25) is 0 Å². The van der Waals surface area contributed by atoms with Crippen molar-refractivity contribution >= 4 is 143 Å². The Morgan fingerprint density at radius 3 is 0.969 bits per heavy atom. The van der Waals surface area contributed by atoms with E-state index in [-0.39, 0.29) is 0 Å². The van der Waals surface area contributed by atoms with E-state index in [1.165, 1.54) is 164 Å². The van der Waals surface area contributed by atoms with E-state index in [4.69, 9.17) is 4.42 Å². The van der Waals surface area contributed by atoms with Crippen molar-refractivity contribution in [3.63, 3.8) is 0 Å². The van der Waals surface area contributed by atoms with Crippen molar-refractivity contribution in [1.29, 1.82) is 0 Å². The Bertz CT molecular complexity index is 8600. The third-order valence-electron chi connectivity index (χ3n) is 26.3. The Balaban J connectivity index is 0.000000145. The molecule has 4 nitrogen and oxygen atoms in total. The predicted octanol–water partition coefficient (Wildman–Crippen LogP) is 35.6. The zero-order valence-corrected chi connectivity index (χ0v) is 71.2. The predicted molar refractivity (Wildman–Crippen MR) is 552 cm³/mol. The summed E-state index contributed by atoms with van der Waals surface area (Å²) in [7, 11) is 0. The van der Waals surface area contributed by atoms with Crippen molar-refractivity contribution < 1.29 is 4.42 Å². The first-order valence-electron chi connectivity index (χ1n) is 44.7. The van der Waals surface area contributed by atoms with Gasteiger partial charge in [0.25, 0.3) is 0 Å². The first-order valence-corrected chi connectivity index (χ1v) is 44.7. The van der Waals surface area contributed by atoms with Gasteiger partial charge in [-0.15, -0.1) is 0 Å². The minimum atomic E-state index is 0.903. The molecule has 0 atom stereocenters. The highest BCUT2D eigenvalue weighted by molar-refractivity contribution is 6.21. The van der Waals surface area contributed by atoms with Crippen LogP contribution in [0.1, 0.15) is 0 Å². The molecule has 0 aliphatic rings. The van der Waals surface area contributed by atoms with E-state index in [0.29, 0.717) is 0 Å². The molecule has 0 N–H and O–H groups in total. The van der Waals surface area contributed by atoms with Gasteiger partial charge in [0.1, 0.15) is 11.2 Å². The number of hydrogen-bond acceptors (Lipinski definition) is 3. The van der Waals surface area contributed by atoms with Gasteiger partial charge in [-0.2, -0.15) is 0 Å². The fraction of sp³-hybridized carbons (Fsp3) is 0. The van der Waals surface area contributed by atoms with Crippen LogP contribution in [0.25, 0.3) is 203 Å². The van der Waals surface area contributed by atoms with Gasteiger partial charge in [-0.1, -0.05) is 406 Å². The first kappa shape index (κ1) is 76.5. The lowest BCUT2D eigenvalue weighted by atomic mass is 9.90. The van der Waals surface area contributed by atoms with Gasteiger partial charge in [-0.25, -0.2) is 0 Å². The topological polar surface area (TPSA) is 24.6 Å². The molecule has 2 aromatic heterocycles. The molecule has 0 aliphatic heterocycles. The van der Waals surface area contributed by atoms with Crippen molar-refractivity contribution in [2.45, 2.75) is 0 Å². The highest BCUT2D eigenvalue weighted by Gasteiger charge is 2.24. The Kier molecular flexibility index (Phi) is 19.3. The molecule has 4 heteroatoms. The molecule has 23 aromatic carbocycles. The Morgan fingerprint density at radius 1 is 0.169 bits per heavy atom. The van der Waals surface area contributed by atoms with Crippen molar-refractivity contribution in [1.82, 2.24) is 4.57 Å². The van der Waals surface area contributed by atoms with Crippen LogP contribution in [-0.4, -0.2) is 4.57 Å². The summed E-state index contributed by atoms with van der Waals surface area (Å²) in [5, 5.41) is 19.6. The Labute approximate surface area is 754 Å². The van der Waals surface area contributed by atoms with Crippen LogP contribution >= 0.6 is 0 Å². The van der Waals surface area contributed by atoms with Gasteiger partial charge in [0.05, 0.1) is 22.4 Å². The lowest BCUT2D eigenvalue weighted by molar-refractivity contribution is 0.670. The third kappa shape index (κ3) is 13.7. The maximum Gasteiger partial charge on any atom is 0.143 e. The fourth-order valence-corrected chi connectivity index (χ4v) is 20.0. The Morgan fingerprint density at radius 2 is 0.492 bits per heavy atom. The van der Waals surface area contributed by atoms with E-state index >= 15 is 0 Å². The minimum absolute atomic E-state index is 0.903. The number of fused-ring (bicyclic) bond motifs is 14. The van der Waals surface area contributed by atoms with Crippen LogP contribution in [0.15, 0.2) is 508 Å². The van der Waals surface area contributed by atoms with E-state index in [1.807, 2.05) is 12.1 Å². The molecule has 0 amide bonds. The summed E-state index contributed by atoms with van der Waals surface area (Å²) in [5.74, 6) is 0. The molecular weight excluding hydrogens is 1570 g/mol. The Hall–Kier alpha value is -17.2. The van der Waals surface area contributed by atoms with Crippen molar-refractivity contribution in [2.24, 2.45) is 0 Å². The third-order valence-corrected chi connectivity index (χ3v) is 26.3. The van der Waals surface area contributed by atoms with E-state index in [9.17, 15) is 0 Å². The first-order chi connectivity index (χ1) is 64.5. The van der Waals surface area contributed by atoms with Gasteiger partial charge in [0.15, 0.2) is 0 Å². The molecular formula is C126H83N3O. The molecule has 608 valence electrons. The molecule has 2 heterocycles. The number of benzene rings is 23. The molecule has 0 spiro atoms. The quantitative estimate of drug-likeness (QED) is 0.0956. The zero-order valence-electron chi connectivity index (χ0n) is 71.2. The van der Waals surface area contributed by atoms with Crippen LogP contribution in [-0.2, 0) is 0 Å². The molecule has 0 radical (unpaired) electrons. The highest BCUT2D eigenvalue weighted by atomic mass is 16.3. The number of aromatic nitrogens is 1. The number of hydrogen-bond donors (Lipinski definition) is 0. The standard InChI is InChI=1S/C66H44N2.C60H39NO/c1-3-14-45(15-4-1)46-26-28-47(29-27-46)48-32-37-54(38-33-48)67(64-43-41-58(57-21-9-10-22-59(57)64)61-24-13-17-51-31-30-50-16-7-8-20-56(50)66(51)61)55-39-34-49(35-40-55)52-36-42-65-62(44-52)60-23-11-12-25-63(60)68(65)53-18-5-2-6-19-53;1-2-12-40(13-3-1)41-24-26-42(27-25-41)43-30-34-47(35-31-43)61(48-36-32-45(33-37-48)50-20-11-22-56-54-19-8-9-23-58(54)62-60(50)56)57-39-38-52(51-17-6-7-18-53(51)57)55-21-10-15-46-29-28-44-14-4-5-16-49(44)59(46)55/h1-44H;1-39H. The minimum Gasteiger partial charge on any atom is -0.455 e. The van der Waals surface area contributed by atoms with Crippen LogP contribution in [0.3, 0.4) is 0 Å². The largest absolute Gasteiger partial charge is 0.455 e. The summed E-state index contributed by atoms with van der Waals surface area (Å²) in [5.41, 5.74) is 31.0.